The van der Waals surface area contributed by atoms with Gasteiger partial charge in [0.1, 0.15) is 12.4 Å². The lowest BCUT2D eigenvalue weighted by molar-refractivity contribution is 0.363. The normalized spacial score (nSPS) is 10.2. The molecule has 0 atom stereocenters. The minimum atomic E-state index is -0.224. The highest BCUT2D eigenvalue weighted by Crippen LogP contribution is 2.24. The second-order valence-electron chi connectivity index (χ2n) is 3.07. The number of rotatable bonds is 5. The average molecular weight is 253 g/mol. The zero-order valence-electron chi connectivity index (χ0n) is 9.11. The summed E-state index contributed by atoms with van der Waals surface area (Å²) in [5.74, 6) is 0.363. The predicted octanol–water partition coefficient (Wildman–Crippen LogP) is 1.72. The van der Waals surface area contributed by atoms with Gasteiger partial charge in [0.15, 0.2) is 0 Å². The van der Waals surface area contributed by atoms with Crippen molar-refractivity contribution in [2.75, 3.05) is 6.61 Å². The first-order valence-corrected chi connectivity index (χ1v) is 5.17. The van der Waals surface area contributed by atoms with Gasteiger partial charge >= 0.3 is 0 Å². The van der Waals surface area contributed by atoms with Gasteiger partial charge in [-0.25, -0.2) is 5.43 Å². The third kappa shape index (κ3) is 4.56. The van der Waals surface area contributed by atoms with Gasteiger partial charge in [-0.05, 0) is 23.8 Å². The van der Waals surface area contributed by atoms with Gasteiger partial charge in [-0.1, -0.05) is 24.3 Å². The highest BCUT2D eigenvalue weighted by Gasteiger charge is 2.01. The zero-order valence-corrected chi connectivity index (χ0v) is 9.87. The summed E-state index contributed by atoms with van der Waals surface area (Å²) in [4.78, 5) is 0. The Kier molecular flexibility index (Phi) is 5.03. The van der Waals surface area contributed by atoms with Crippen molar-refractivity contribution in [2.45, 2.75) is 0 Å². The van der Waals surface area contributed by atoms with E-state index in [-0.39, 0.29) is 5.96 Å². The van der Waals surface area contributed by atoms with Crippen molar-refractivity contribution in [3.05, 3.63) is 41.4 Å². The minimum absolute atomic E-state index is 0.224. The molecule has 1 aromatic carbocycles. The molecule has 1 rings (SSSR count). The maximum Gasteiger partial charge on any atom is 0.206 e. The smallest absolute Gasteiger partial charge is 0.206 e. The van der Waals surface area contributed by atoms with Gasteiger partial charge in [-0.15, -0.1) is 0 Å². The summed E-state index contributed by atoms with van der Waals surface area (Å²) in [5.41, 5.74) is 8.15. The molecule has 0 amide bonds. The number of nitrogens with two attached hydrogens (primary N) is 1. The molecule has 0 fully saturated rings. The van der Waals surface area contributed by atoms with Gasteiger partial charge < -0.3 is 10.5 Å². The van der Waals surface area contributed by atoms with Crippen LogP contribution in [0.4, 0.5) is 0 Å². The lowest BCUT2D eigenvalue weighted by Gasteiger charge is -2.05. The van der Waals surface area contributed by atoms with Crippen LogP contribution in [0.3, 0.4) is 0 Å². The number of hydrogen-bond acceptors (Lipinski definition) is 3. The lowest BCUT2D eigenvalue weighted by atomic mass is 10.2. The van der Waals surface area contributed by atoms with Crippen molar-refractivity contribution in [1.29, 1.82) is 5.41 Å². The van der Waals surface area contributed by atoms with Crippen molar-refractivity contribution < 1.29 is 4.74 Å². The Bertz CT molecular complexity index is 445. The molecular formula is C11H13ClN4O. The SMILES string of the molecule is C=CCOc1ccc(/C=N/NC(=N)N)cc1Cl. The van der Waals surface area contributed by atoms with Gasteiger partial charge in [0.05, 0.1) is 11.2 Å². The molecule has 0 saturated carbocycles. The van der Waals surface area contributed by atoms with Gasteiger partial charge in [-0.3, -0.25) is 5.41 Å². The summed E-state index contributed by atoms with van der Waals surface area (Å²) in [5, 5.41) is 11.1. The number of hydrazone groups is 1. The molecule has 5 nitrogen and oxygen atoms in total. The zero-order chi connectivity index (χ0) is 12.7. The van der Waals surface area contributed by atoms with E-state index < -0.39 is 0 Å². The van der Waals surface area contributed by atoms with Crippen LogP contribution in [0.5, 0.6) is 5.75 Å². The predicted molar refractivity (Wildman–Crippen MR) is 69.8 cm³/mol. The maximum atomic E-state index is 6.91. The van der Waals surface area contributed by atoms with Crippen LogP contribution in [-0.4, -0.2) is 18.8 Å². The molecule has 0 heterocycles. The van der Waals surface area contributed by atoms with E-state index in [1.807, 2.05) is 0 Å². The molecule has 17 heavy (non-hydrogen) atoms. The van der Waals surface area contributed by atoms with Gasteiger partial charge in [-0.2, -0.15) is 5.10 Å². The fourth-order valence-corrected chi connectivity index (χ4v) is 1.28. The summed E-state index contributed by atoms with van der Waals surface area (Å²) in [7, 11) is 0. The standard InChI is InChI=1S/C11H13ClN4O/c1-2-5-17-10-4-3-8(6-9(10)12)7-15-16-11(13)14/h2-4,6-7H,1,5H2,(H4,13,14,16)/b15-7+. The third-order valence-corrected chi connectivity index (χ3v) is 2.01. The summed E-state index contributed by atoms with van der Waals surface area (Å²) < 4.78 is 5.32. The van der Waals surface area contributed by atoms with Crippen LogP contribution in [-0.2, 0) is 0 Å². The van der Waals surface area contributed by atoms with Crippen LogP contribution in [0.25, 0.3) is 0 Å². The monoisotopic (exact) mass is 252 g/mol. The van der Waals surface area contributed by atoms with Crippen LogP contribution >= 0.6 is 11.6 Å². The first-order chi connectivity index (χ1) is 8.13. The van der Waals surface area contributed by atoms with Crippen molar-refractivity contribution in [1.82, 2.24) is 5.43 Å². The molecule has 4 N–H and O–H groups in total. The van der Waals surface area contributed by atoms with Crippen molar-refractivity contribution in [3.63, 3.8) is 0 Å². The second-order valence-corrected chi connectivity index (χ2v) is 3.48. The molecule has 0 aliphatic heterocycles. The minimum Gasteiger partial charge on any atom is -0.488 e. The highest BCUT2D eigenvalue weighted by atomic mass is 35.5. The van der Waals surface area contributed by atoms with E-state index in [4.69, 9.17) is 27.5 Å². The molecule has 0 bridgehead atoms. The van der Waals surface area contributed by atoms with Crippen LogP contribution in [0.1, 0.15) is 5.56 Å². The summed E-state index contributed by atoms with van der Waals surface area (Å²) in [6, 6.07) is 5.22. The second kappa shape index (κ2) is 6.55. The number of nitrogens with zero attached hydrogens (tertiary/aromatic N) is 1. The molecule has 6 heteroatoms. The van der Waals surface area contributed by atoms with E-state index in [0.29, 0.717) is 17.4 Å². The molecule has 0 unspecified atom stereocenters. The Labute approximate surface area is 104 Å². The van der Waals surface area contributed by atoms with Crippen LogP contribution in [0.2, 0.25) is 5.02 Å². The number of nitrogens with one attached hydrogen (secondary N) is 2. The molecule has 90 valence electrons. The average Bonchev–Trinajstić information content (AvgIpc) is 2.27. The number of guanidine groups is 1. The Hall–Kier alpha value is -2.01. The molecule has 0 radical (unpaired) electrons. The van der Waals surface area contributed by atoms with Crippen molar-refractivity contribution in [2.24, 2.45) is 10.8 Å². The summed E-state index contributed by atoms with van der Waals surface area (Å²) >= 11 is 6.00. The van der Waals surface area contributed by atoms with E-state index in [0.717, 1.165) is 5.56 Å². The Morgan fingerprint density at radius 3 is 3.00 bits per heavy atom. The molecule has 0 aliphatic rings. The van der Waals surface area contributed by atoms with Gasteiger partial charge in [0.25, 0.3) is 0 Å². The Morgan fingerprint density at radius 2 is 2.41 bits per heavy atom. The molecule has 0 aliphatic carbocycles. The largest absolute Gasteiger partial charge is 0.488 e. The molecule has 0 spiro atoms. The number of halogens is 1. The van der Waals surface area contributed by atoms with E-state index in [9.17, 15) is 0 Å². The van der Waals surface area contributed by atoms with E-state index in [1.54, 1.807) is 24.3 Å². The van der Waals surface area contributed by atoms with Crippen LogP contribution in [0, 0.1) is 5.41 Å². The number of ether oxygens (including phenoxy) is 1. The fraction of sp³-hybridized carbons (Fsp3) is 0.0909. The summed E-state index contributed by atoms with van der Waals surface area (Å²) in [6.45, 7) is 3.95. The van der Waals surface area contributed by atoms with E-state index in [2.05, 4.69) is 17.1 Å². The molecule has 0 saturated heterocycles. The Balaban J connectivity index is 2.71. The van der Waals surface area contributed by atoms with Crippen LogP contribution in [0.15, 0.2) is 36.0 Å². The highest BCUT2D eigenvalue weighted by molar-refractivity contribution is 6.32. The van der Waals surface area contributed by atoms with E-state index in [1.165, 1.54) is 6.21 Å². The van der Waals surface area contributed by atoms with E-state index >= 15 is 0 Å². The topological polar surface area (TPSA) is 83.5 Å². The first kappa shape index (κ1) is 13.1. The maximum absolute atomic E-state index is 6.91. The van der Waals surface area contributed by atoms with Crippen molar-refractivity contribution in [3.8, 4) is 5.75 Å². The van der Waals surface area contributed by atoms with Crippen molar-refractivity contribution >= 4 is 23.8 Å². The van der Waals surface area contributed by atoms with Gasteiger partial charge in [0.2, 0.25) is 5.96 Å². The first-order valence-electron chi connectivity index (χ1n) is 4.80. The summed E-state index contributed by atoms with van der Waals surface area (Å²) in [6.07, 6.45) is 3.15. The Morgan fingerprint density at radius 1 is 1.65 bits per heavy atom. The molecule has 1 aromatic rings. The quantitative estimate of drug-likeness (QED) is 0.323. The number of hydrogen-bond donors (Lipinski definition) is 3. The van der Waals surface area contributed by atoms with Gasteiger partial charge in [0, 0.05) is 0 Å². The molecule has 0 aromatic heterocycles. The lowest BCUT2D eigenvalue weighted by Crippen LogP contribution is -2.25. The number of benzene rings is 1. The van der Waals surface area contributed by atoms with Crippen LogP contribution < -0.4 is 15.9 Å². The molecular weight excluding hydrogens is 240 g/mol. The third-order valence-electron chi connectivity index (χ3n) is 1.71. The fourth-order valence-electron chi connectivity index (χ4n) is 1.04.